The summed E-state index contributed by atoms with van der Waals surface area (Å²) in [5.41, 5.74) is 0.809. The van der Waals surface area contributed by atoms with E-state index in [1.54, 1.807) is 19.1 Å². The summed E-state index contributed by atoms with van der Waals surface area (Å²) in [7, 11) is 0. The zero-order valence-electron chi connectivity index (χ0n) is 16.4. The molecule has 1 atom stereocenters. The maximum absolute atomic E-state index is 14.7. The number of nitrogens with zero attached hydrogens (tertiary/aromatic N) is 1. The maximum atomic E-state index is 14.7. The van der Waals surface area contributed by atoms with Crippen LogP contribution in [0.5, 0.6) is 0 Å². The summed E-state index contributed by atoms with van der Waals surface area (Å²) < 4.78 is 28.6. The summed E-state index contributed by atoms with van der Waals surface area (Å²) in [6.07, 6.45) is 4.41. The Balaban J connectivity index is 2.03. The molecule has 0 radical (unpaired) electrons. The highest BCUT2D eigenvalue weighted by Crippen LogP contribution is 2.21. The van der Waals surface area contributed by atoms with Crippen LogP contribution in [0.4, 0.5) is 14.6 Å². The Hall–Kier alpha value is -2.21. The number of benzene rings is 1. The van der Waals surface area contributed by atoms with Gasteiger partial charge >= 0.3 is 0 Å². The van der Waals surface area contributed by atoms with Gasteiger partial charge < -0.3 is 10.6 Å². The van der Waals surface area contributed by atoms with Crippen LogP contribution < -0.4 is 10.6 Å². The maximum Gasteiger partial charge on any atom is 0.253 e. The van der Waals surface area contributed by atoms with Crippen LogP contribution in [-0.4, -0.2) is 23.5 Å². The molecule has 4 nitrogen and oxygen atoms in total. The number of amides is 1. The van der Waals surface area contributed by atoms with E-state index in [1.807, 2.05) is 6.92 Å². The monoisotopic (exact) mass is 409 g/mol. The van der Waals surface area contributed by atoms with Gasteiger partial charge in [0.15, 0.2) is 11.6 Å². The Labute approximate surface area is 169 Å². The van der Waals surface area contributed by atoms with Gasteiger partial charge in [0.05, 0.1) is 10.6 Å². The molecule has 0 saturated carbocycles. The molecule has 1 aromatic carbocycles. The van der Waals surface area contributed by atoms with Crippen molar-refractivity contribution in [1.29, 1.82) is 0 Å². The van der Waals surface area contributed by atoms with Gasteiger partial charge in [-0.25, -0.2) is 13.8 Å². The summed E-state index contributed by atoms with van der Waals surface area (Å²) in [4.78, 5) is 16.5. The van der Waals surface area contributed by atoms with Crippen LogP contribution in [0, 0.1) is 18.6 Å². The molecule has 2 aromatic rings. The molecule has 7 heteroatoms. The molecule has 0 saturated heterocycles. The highest BCUT2D eigenvalue weighted by molar-refractivity contribution is 6.30. The van der Waals surface area contributed by atoms with Gasteiger partial charge in [0.25, 0.3) is 5.91 Å². The molecule has 1 unspecified atom stereocenters. The summed E-state index contributed by atoms with van der Waals surface area (Å²) in [5.74, 6) is -1.30. The molecule has 1 aromatic heterocycles. The molecule has 28 heavy (non-hydrogen) atoms. The van der Waals surface area contributed by atoms with E-state index >= 15 is 0 Å². The van der Waals surface area contributed by atoms with Crippen LogP contribution in [0.1, 0.15) is 54.6 Å². The standard InChI is InChI=1S/C21H26ClF2N3O/c1-4-7-15(5-2)27-20-18(23)13(3)16(12-26-20)21(28)25-11-10-14-8-6-9-17(22)19(14)24/h6,8-9,12,15H,4-5,7,10-11H2,1-3H3,(H,25,28)(H,26,27). The van der Waals surface area contributed by atoms with Crippen molar-refractivity contribution in [1.82, 2.24) is 10.3 Å². The third-order valence-corrected chi connectivity index (χ3v) is 4.98. The fourth-order valence-corrected chi connectivity index (χ4v) is 3.17. The van der Waals surface area contributed by atoms with E-state index in [0.29, 0.717) is 5.56 Å². The van der Waals surface area contributed by atoms with Crippen molar-refractivity contribution in [3.05, 3.63) is 57.7 Å². The topological polar surface area (TPSA) is 54.0 Å². The quantitative estimate of drug-likeness (QED) is 0.592. The number of rotatable bonds is 9. The number of aromatic nitrogens is 1. The number of anilines is 1. The minimum atomic E-state index is -0.525. The van der Waals surface area contributed by atoms with E-state index in [-0.39, 0.29) is 41.0 Å². The second kappa shape index (κ2) is 10.4. The molecule has 152 valence electrons. The molecule has 1 amide bonds. The smallest absolute Gasteiger partial charge is 0.253 e. The number of hydrogen-bond donors (Lipinski definition) is 2. The molecule has 0 aliphatic rings. The first kappa shape index (κ1) is 22.1. The van der Waals surface area contributed by atoms with Gasteiger partial charge in [0, 0.05) is 24.3 Å². The van der Waals surface area contributed by atoms with Crippen molar-refractivity contribution < 1.29 is 13.6 Å². The number of carbonyl (C=O) groups is 1. The van der Waals surface area contributed by atoms with Gasteiger partial charge in [-0.1, -0.05) is 44.0 Å². The normalized spacial score (nSPS) is 11.9. The van der Waals surface area contributed by atoms with Crippen molar-refractivity contribution in [3.63, 3.8) is 0 Å². The Bertz CT molecular complexity index is 830. The van der Waals surface area contributed by atoms with E-state index in [0.717, 1.165) is 19.3 Å². The van der Waals surface area contributed by atoms with Crippen molar-refractivity contribution in [2.45, 2.75) is 52.5 Å². The molecule has 0 spiro atoms. The first-order chi connectivity index (χ1) is 13.4. The highest BCUT2D eigenvalue weighted by Gasteiger charge is 2.18. The molecule has 0 bridgehead atoms. The first-order valence-corrected chi connectivity index (χ1v) is 9.89. The van der Waals surface area contributed by atoms with Gasteiger partial charge in [0.1, 0.15) is 5.82 Å². The minimum absolute atomic E-state index is 0.0440. The van der Waals surface area contributed by atoms with E-state index in [2.05, 4.69) is 22.5 Å². The SMILES string of the molecule is CCCC(CC)Nc1ncc(C(=O)NCCc2cccc(Cl)c2F)c(C)c1F. The molecular weight excluding hydrogens is 384 g/mol. The third-order valence-electron chi connectivity index (χ3n) is 4.69. The average molecular weight is 410 g/mol. The molecule has 2 rings (SSSR count). The Morgan fingerprint density at radius 2 is 2.00 bits per heavy atom. The van der Waals surface area contributed by atoms with Crippen molar-refractivity contribution in [2.24, 2.45) is 0 Å². The Morgan fingerprint density at radius 3 is 2.68 bits per heavy atom. The summed E-state index contributed by atoms with van der Waals surface area (Å²) in [6, 6.07) is 4.87. The van der Waals surface area contributed by atoms with E-state index < -0.39 is 17.5 Å². The summed E-state index contributed by atoms with van der Waals surface area (Å²) in [5, 5.41) is 5.83. The summed E-state index contributed by atoms with van der Waals surface area (Å²) >= 11 is 5.75. The second-order valence-electron chi connectivity index (χ2n) is 6.72. The van der Waals surface area contributed by atoms with Gasteiger partial charge in [-0.15, -0.1) is 0 Å². The average Bonchev–Trinajstić information content (AvgIpc) is 2.68. The fourth-order valence-electron chi connectivity index (χ4n) is 2.98. The van der Waals surface area contributed by atoms with Crippen LogP contribution in [0.15, 0.2) is 24.4 Å². The van der Waals surface area contributed by atoms with Gasteiger partial charge in [-0.3, -0.25) is 4.79 Å². The number of halogens is 3. The van der Waals surface area contributed by atoms with Crippen LogP contribution in [-0.2, 0) is 6.42 Å². The summed E-state index contributed by atoms with van der Waals surface area (Å²) in [6.45, 7) is 5.85. The van der Waals surface area contributed by atoms with E-state index in [9.17, 15) is 13.6 Å². The Morgan fingerprint density at radius 1 is 1.25 bits per heavy atom. The fraction of sp³-hybridized carbons (Fsp3) is 0.429. The lowest BCUT2D eigenvalue weighted by molar-refractivity contribution is 0.0952. The predicted molar refractivity (Wildman–Crippen MR) is 109 cm³/mol. The van der Waals surface area contributed by atoms with Crippen molar-refractivity contribution in [2.75, 3.05) is 11.9 Å². The molecule has 0 aliphatic heterocycles. The highest BCUT2D eigenvalue weighted by atomic mass is 35.5. The largest absolute Gasteiger partial charge is 0.365 e. The lowest BCUT2D eigenvalue weighted by Gasteiger charge is -2.18. The van der Waals surface area contributed by atoms with Crippen LogP contribution >= 0.6 is 11.6 Å². The van der Waals surface area contributed by atoms with Gasteiger partial charge in [-0.05, 0) is 37.8 Å². The molecule has 1 heterocycles. The number of pyridine rings is 1. The van der Waals surface area contributed by atoms with E-state index in [4.69, 9.17) is 11.6 Å². The number of carbonyl (C=O) groups excluding carboxylic acids is 1. The van der Waals surface area contributed by atoms with Gasteiger partial charge in [-0.2, -0.15) is 0 Å². The zero-order chi connectivity index (χ0) is 20.7. The third kappa shape index (κ3) is 5.41. The molecule has 0 fully saturated rings. The van der Waals surface area contributed by atoms with Crippen LogP contribution in [0.2, 0.25) is 5.02 Å². The Kier molecular flexibility index (Phi) is 8.18. The molecular formula is C21H26ClF2N3O. The molecule has 0 aliphatic carbocycles. The van der Waals surface area contributed by atoms with Crippen molar-refractivity contribution in [3.8, 4) is 0 Å². The van der Waals surface area contributed by atoms with Crippen LogP contribution in [0.3, 0.4) is 0 Å². The zero-order valence-corrected chi connectivity index (χ0v) is 17.2. The van der Waals surface area contributed by atoms with Gasteiger partial charge in [0.2, 0.25) is 0 Å². The van der Waals surface area contributed by atoms with Crippen molar-refractivity contribution >= 4 is 23.3 Å². The number of nitrogens with one attached hydrogen (secondary N) is 2. The lowest BCUT2D eigenvalue weighted by atomic mass is 10.1. The first-order valence-electron chi connectivity index (χ1n) is 9.51. The lowest BCUT2D eigenvalue weighted by Crippen LogP contribution is -2.27. The van der Waals surface area contributed by atoms with Crippen LogP contribution in [0.25, 0.3) is 0 Å². The minimum Gasteiger partial charge on any atom is -0.365 e. The molecule has 2 N–H and O–H groups in total. The second-order valence-corrected chi connectivity index (χ2v) is 7.12. The predicted octanol–water partition coefficient (Wildman–Crippen LogP) is 5.28. The van der Waals surface area contributed by atoms with E-state index in [1.165, 1.54) is 12.3 Å². The number of hydrogen-bond acceptors (Lipinski definition) is 3.